The van der Waals surface area contributed by atoms with Crippen LogP contribution in [0.5, 0.6) is 0 Å². The standard InChI is InChI=1S/C24H19NO5S2/c26-25-16-8-7-9-20(25)17-19-14-15-23(31(27,28)21-10-3-1-4-11-21)18-24(19)32(29,30)22-12-5-2-6-13-22/h1-16,18H,17H2. The molecule has 1 aromatic heterocycles. The van der Waals surface area contributed by atoms with Gasteiger partial charge in [-0.3, -0.25) is 0 Å². The first-order chi connectivity index (χ1) is 15.3. The van der Waals surface area contributed by atoms with Crippen molar-refractivity contribution in [3.63, 3.8) is 0 Å². The smallest absolute Gasteiger partial charge is 0.206 e. The summed E-state index contributed by atoms with van der Waals surface area (Å²) in [6.45, 7) is 0. The number of nitrogens with zero attached hydrogens (tertiary/aromatic N) is 1. The van der Waals surface area contributed by atoms with Gasteiger partial charge < -0.3 is 5.21 Å². The van der Waals surface area contributed by atoms with Gasteiger partial charge in [-0.05, 0) is 42.0 Å². The van der Waals surface area contributed by atoms with E-state index in [-0.39, 0.29) is 26.0 Å². The van der Waals surface area contributed by atoms with Gasteiger partial charge in [0, 0.05) is 12.1 Å². The zero-order chi connectivity index (χ0) is 22.8. The molecule has 0 unspecified atom stereocenters. The summed E-state index contributed by atoms with van der Waals surface area (Å²) in [5, 5.41) is 12.1. The predicted octanol–water partition coefficient (Wildman–Crippen LogP) is 3.58. The number of rotatable bonds is 6. The maximum Gasteiger partial charge on any atom is 0.206 e. The Hall–Kier alpha value is -3.49. The largest absolute Gasteiger partial charge is 0.618 e. The second-order valence-corrected chi connectivity index (χ2v) is 11.0. The first kappa shape index (κ1) is 21.7. The molecule has 0 aliphatic carbocycles. The Morgan fingerprint density at radius 1 is 0.625 bits per heavy atom. The number of aromatic nitrogens is 1. The van der Waals surface area contributed by atoms with Crippen LogP contribution in [-0.2, 0) is 26.1 Å². The molecule has 0 atom stereocenters. The topological polar surface area (TPSA) is 95.2 Å². The minimum atomic E-state index is -4.04. The minimum absolute atomic E-state index is 0.0252. The molecule has 4 rings (SSSR count). The average molecular weight is 466 g/mol. The number of hydrogen-bond donors (Lipinski definition) is 0. The summed E-state index contributed by atoms with van der Waals surface area (Å²) in [7, 11) is -7.98. The van der Waals surface area contributed by atoms with Crippen molar-refractivity contribution in [3.8, 4) is 0 Å². The summed E-state index contributed by atoms with van der Waals surface area (Å²) in [4.78, 5) is -0.176. The number of benzene rings is 3. The van der Waals surface area contributed by atoms with Crippen molar-refractivity contribution in [2.75, 3.05) is 0 Å². The van der Waals surface area contributed by atoms with E-state index in [9.17, 15) is 22.0 Å². The van der Waals surface area contributed by atoms with Gasteiger partial charge in [-0.1, -0.05) is 48.5 Å². The van der Waals surface area contributed by atoms with Gasteiger partial charge in [0.15, 0.2) is 11.9 Å². The molecule has 4 aromatic rings. The van der Waals surface area contributed by atoms with E-state index in [0.29, 0.717) is 16.0 Å². The molecule has 0 aliphatic heterocycles. The molecule has 1 heterocycles. The van der Waals surface area contributed by atoms with Crippen molar-refractivity contribution in [3.05, 3.63) is 120 Å². The second-order valence-electron chi connectivity index (χ2n) is 7.10. The minimum Gasteiger partial charge on any atom is -0.618 e. The molecule has 32 heavy (non-hydrogen) atoms. The third-order valence-corrected chi connectivity index (χ3v) is 8.64. The number of hydrogen-bond acceptors (Lipinski definition) is 5. The quantitative estimate of drug-likeness (QED) is 0.320. The molecule has 0 bridgehead atoms. The van der Waals surface area contributed by atoms with Crippen LogP contribution in [0.1, 0.15) is 11.3 Å². The van der Waals surface area contributed by atoms with E-state index in [2.05, 4.69) is 0 Å². The SMILES string of the molecule is O=S(=O)(c1ccccc1)c1ccc(Cc2cccc[n+]2[O-])c(S(=O)(=O)c2ccccc2)c1. The Balaban J connectivity index is 1.91. The fraction of sp³-hybridized carbons (Fsp3) is 0.0417. The van der Waals surface area contributed by atoms with Crippen LogP contribution in [0.2, 0.25) is 0 Å². The third-order valence-electron chi connectivity index (χ3n) is 5.02. The lowest BCUT2D eigenvalue weighted by atomic mass is 10.1. The number of pyridine rings is 1. The highest BCUT2D eigenvalue weighted by Gasteiger charge is 2.26. The van der Waals surface area contributed by atoms with Gasteiger partial charge in [0.05, 0.1) is 26.0 Å². The lowest BCUT2D eigenvalue weighted by Crippen LogP contribution is -2.31. The van der Waals surface area contributed by atoms with E-state index in [1.165, 1.54) is 48.7 Å². The summed E-state index contributed by atoms with van der Waals surface area (Å²) in [5.74, 6) is 0. The molecule has 0 fully saturated rings. The van der Waals surface area contributed by atoms with Crippen molar-refractivity contribution < 1.29 is 21.6 Å². The van der Waals surface area contributed by atoms with Crippen molar-refractivity contribution in [1.29, 1.82) is 0 Å². The normalized spacial score (nSPS) is 11.9. The molecule has 162 valence electrons. The Bertz CT molecular complexity index is 1470. The molecule has 6 nitrogen and oxygen atoms in total. The highest BCUT2D eigenvalue weighted by atomic mass is 32.2. The Kier molecular flexibility index (Phi) is 5.82. The van der Waals surface area contributed by atoms with Gasteiger partial charge >= 0.3 is 0 Å². The summed E-state index contributed by atoms with van der Waals surface area (Å²) in [5.41, 5.74) is 0.673. The van der Waals surface area contributed by atoms with Crippen molar-refractivity contribution in [1.82, 2.24) is 0 Å². The van der Waals surface area contributed by atoms with E-state index in [0.717, 1.165) is 0 Å². The summed E-state index contributed by atoms with van der Waals surface area (Å²) in [6, 6.07) is 24.5. The average Bonchev–Trinajstić information content (AvgIpc) is 2.82. The van der Waals surface area contributed by atoms with Crippen molar-refractivity contribution in [2.45, 2.75) is 26.0 Å². The summed E-state index contributed by atoms with van der Waals surface area (Å²) < 4.78 is 53.8. The van der Waals surface area contributed by atoms with Gasteiger partial charge in [0.25, 0.3) is 0 Å². The van der Waals surface area contributed by atoms with E-state index < -0.39 is 19.7 Å². The van der Waals surface area contributed by atoms with Crippen LogP contribution >= 0.6 is 0 Å². The van der Waals surface area contributed by atoms with E-state index in [1.54, 1.807) is 54.6 Å². The molecular weight excluding hydrogens is 446 g/mol. The molecule has 0 N–H and O–H groups in total. The molecule has 0 amide bonds. The van der Waals surface area contributed by atoms with Crippen LogP contribution in [0.15, 0.2) is 123 Å². The van der Waals surface area contributed by atoms with Crippen molar-refractivity contribution >= 4 is 19.7 Å². The van der Waals surface area contributed by atoms with E-state index in [4.69, 9.17) is 0 Å². The van der Waals surface area contributed by atoms with Crippen LogP contribution in [0.25, 0.3) is 0 Å². The Morgan fingerprint density at radius 3 is 1.78 bits per heavy atom. The van der Waals surface area contributed by atoms with Crippen LogP contribution in [0.3, 0.4) is 0 Å². The highest BCUT2D eigenvalue weighted by Crippen LogP contribution is 2.30. The zero-order valence-electron chi connectivity index (χ0n) is 16.8. The van der Waals surface area contributed by atoms with Crippen LogP contribution in [-0.4, -0.2) is 16.8 Å². The molecule has 0 saturated carbocycles. The highest BCUT2D eigenvalue weighted by molar-refractivity contribution is 7.92. The maximum absolute atomic E-state index is 13.5. The molecule has 0 aliphatic rings. The molecular formula is C24H19NO5S2. The molecule has 0 radical (unpaired) electrons. The summed E-state index contributed by atoms with van der Waals surface area (Å²) >= 11 is 0. The van der Waals surface area contributed by atoms with Gasteiger partial charge in [-0.15, -0.1) is 0 Å². The van der Waals surface area contributed by atoms with Crippen LogP contribution in [0.4, 0.5) is 0 Å². The van der Waals surface area contributed by atoms with Crippen LogP contribution in [0, 0.1) is 5.21 Å². The second kappa shape index (κ2) is 8.57. The van der Waals surface area contributed by atoms with Gasteiger partial charge in [-0.25, -0.2) is 16.8 Å². The fourth-order valence-electron chi connectivity index (χ4n) is 3.36. The van der Waals surface area contributed by atoms with Gasteiger partial charge in [0.2, 0.25) is 19.7 Å². The Morgan fingerprint density at radius 2 is 1.19 bits per heavy atom. The predicted molar refractivity (Wildman–Crippen MR) is 118 cm³/mol. The van der Waals surface area contributed by atoms with Crippen LogP contribution < -0.4 is 4.73 Å². The molecule has 3 aromatic carbocycles. The van der Waals surface area contributed by atoms with Gasteiger partial charge in [-0.2, -0.15) is 4.73 Å². The molecule has 0 saturated heterocycles. The lowest BCUT2D eigenvalue weighted by Gasteiger charge is -2.13. The van der Waals surface area contributed by atoms with E-state index >= 15 is 0 Å². The Labute approximate surface area is 186 Å². The maximum atomic E-state index is 13.5. The zero-order valence-corrected chi connectivity index (χ0v) is 18.5. The monoisotopic (exact) mass is 465 g/mol. The lowest BCUT2D eigenvalue weighted by molar-refractivity contribution is -0.613. The van der Waals surface area contributed by atoms with Crippen molar-refractivity contribution in [2.24, 2.45) is 0 Å². The first-order valence-corrected chi connectivity index (χ1v) is 12.7. The summed E-state index contributed by atoms with van der Waals surface area (Å²) in [6.07, 6.45) is 1.35. The van der Waals surface area contributed by atoms with Gasteiger partial charge in [0.1, 0.15) is 0 Å². The van der Waals surface area contributed by atoms with E-state index in [1.807, 2.05) is 0 Å². The fourth-order valence-corrected chi connectivity index (χ4v) is 6.28. The molecule has 0 spiro atoms. The number of sulfone groups is 2. The third kappa shape index (κ3) is 4.15. The molecule has 8 heteroatoms. The first-order valence-electron chi connectivity index (χ1n) is 9.70.